The lowest BCUT2D eigenvalue weighted by atomic mass is 9.91. The monoisotopic (exact) mass is 403 g/mol. The summed E-state index contributed by atoms with van der Waals surface area (Å²) in [6.07, 6.45) is 3.25. The van der Waals surface area contributed by atoms with Gasteiger partial charge in [-0.15, -0.1) is 23.7 Å². The van der Waals surface area contributed by atoms with Crippen molar-refractivity contribution in [2.45, 2.75) is 25.3 Å². The van der Waals surface area contributed by atoms with Gasteiger partial charge in [-0.05, 0) is 42.0 Å². The summed E-state index contributed by atoms with van der Waals surface area (Å²) in [4.78, 5) is 20.0. The number of carbonyl (C=O) groups excluding carboxylic acids is 1. The zero-order valence-corrected chi connectivity index (χ0v) is 17.1. The van der Waals surface area contributed by atoms with E-state index in [-0.39, 0.29) is 18.3 Å². The predicted molar refractivity (Wildman–Crippen MR) is 113 cm³/mol. The summed E-state index contributed by atoms with van der Waals surface area (Å²) in [5.74, 6) is 0.236. The number of amides is 1. The van der Waals surface area contributed by atoms with Gasteiger partial charge < -0.3 is 10.2 Å². The van der Waals surface area contributed by atoms with E-state index in [2.05, 4.69) is 45.4 Å². The van der Waals surface area contributed by atoms with Gasteiger partial charge in [-0.2, -0.15) is 0 Å². The summed E-state index contributed by atoms with van der Waals surface area (Å²) in [6, 6.07) is 11.3. The lowest BCUT2D eigenvalue weighted by Crippen LogP contribution is -2.49. The Labute approximate surface area is 171 Å². The van der Waals surface area contributed by atoms with Crippen LogP contribution in [0.15, 0.2) is 30.3 Å². The van der Waals surface area contributed by atoms with E-state index in [9.17, 15) is 4.79 Å². The Bertz CT molecular complexity index is 831. The Kier molecular flexibility index (Phi) is 5.55. The van der Waals surface area contributed by atoms with Crippen LogP contribution in [0.5, 0.6) is 0 Å². The second kappa shape index (κ2) is 7.92. The molecule has 1 aliphatic carbocycles. The first-order chi connectivity index (χ1) is 12.8. The molecule has 0 bridgehead atoms. The van der Waals surface area contributed by atoms with Crippen LogP contribution in [-0.2, 0) is 12.8 Å². The smallest absolute Gasteiger partial charge is 0.264 e. The summed E-state index contributed by atoms with van der Waals surface area (Å²) in [5, 5.41) is 3.41. The van der Waals surface area contributed by atoms with Gasteiger partial charge in [0.1, 0.15) is 0 Å². The van der Waals surface area contributed by atoms with Crippen molar-refractivity contribution in [3.05, 3.63) is 46.3 Å². The van der Waals surface area contributed by atoms with Gasteiger partial charge in [0.15, 0.2) is 0 Å². The van der Waals surface area contributed by atoms with Crippen LogP contribution in [0.4, 0.5) is 0 Å². The van der Waals surface area contributed by atoms with Crippen LogP contribution in [0.1, 0.15) is 27.2 Å². The number of likely N-dealkylation sites (tertiary alicyclic amines) is 1. The molecule has 6 heteroatoms. The van der Waals surface area contributed by atoms with Crippen LogP contribution in [0.25, 0.3) is 10.4 Å². The molecule has 2 fully saturated rings. The molecule has 1 aromatic carbocycles. The maximum absolute atomic E-state index is 13.1. The molecule has 5 rings (SSSR count). The summed E-state index contributed by atoms with van der Waals surface area (Å²) in [7, 11) is 0. The predicted octanol–water partition coefficient (Wildman–Crippen LogP) is 3.06. The van der Waals surface area contributed by atoms with Crippen molar-refractivity contribution in [3.8, 4) is 10.4 Å². The van der Waals surface area contributed by atoms with E-state index in [1.54, 1.807) is 11.3 Å². The number of nitrogens with zero attached hydrogens (tertiary/aromatic N) is 2. The van der Waals surface area contributed by atoms with Gasteiger partial charge in [-0.3, -0.25) is 9.69 Å². The van der Waals surface area contributed by atoms with E-state index in [1.165, 1.54) is 21.6 Å². The summed E-state index contributed by atoms with van der Waals surface area (Å²) in [6.45, 7) is 6.14. The maximum atomic E-state index is 13.1. The van der Waals surface area contributed by atoms with Gasteiger partial charge in [0.05, 0.1) is 4.88 Å². The number of thiophene rings is 1. The molecule has 2 aromatic rings. The number of benzene rings is 1. The van der Waals surface area contributed by atoms with Crippen molar-refractivity contribution in [2.75, 3.05) is 39.3 Å². The second-order valence-corrected chi connectivity index (χ2v) is 8.65. The molecule has 3 heterocycles. The Morgan fingerprint density at radius 2 is 1.85 bits per heavy atom. The van der Waals surface area contributed by atoms with E-state index in [0.717, 1.165) is 63.4 Å². The number of nitrogens with one attached hydrogen (secondary N) is 1. The molecule has 2 saturated heterocycles. The Morgan fingerprint density at radius 1 is 1.07 bits per heavy atom. The van der Waals surface area contributed by atoms with E-state index in [0.29, 0.717) is 6.04 Å². The van der Waals surface area contributed by atoms with Crippen LogP contribution in [0, 0.1) is 0 Å². The van der Waals surface area contributed by atoms with Crippen LogP contribution < -0.4 is 5.32 Å². The standard InChI is InChI=1S/C21H25N3OS.ClH/c25-21(24-10-7-17(14-24)23-11-8-22-9-12-23)19-13-16-6-5-15-3-1-2-4-18(15)20(16)26-19;/h1-4,13,17,22H,5-12,14H2;1H. The fraction of sp³-hybridized carbons (Fsp3) is 0.476. The van der Waals surface area contributed by atoms with Crippen LogP contribution >= 0.6 is 23.7 Å². The summed E-state index contributed by atoms with van der Waals surface area (Å²) in [5.41, 5.74) is 4.11. The molecule has 0 spiro atoms. The molecule has 0 radical (unpaired) electrons. The largest absolute Gasteiger partial charge is 0.336 e. The van der Waals surface area contributed by atoms with Crippen molar-refractivity contribution in [3.63, 3.8) is 0 Å². The number of fused-ring (bicyclic) bond motifs is 3. The lowest BCUT2D eigenvalue weighted by Gasteiger charge is -2.32. The van der Waals surface area contributed by atoms with Gasteiger partial charge in [0.25, 0.3) is 5.91 Å². The third kappa shape index (κ3) is 3.54. The zero-order chi connectivity index (χ0) is 17.5. The van der Waals surface area contributed by atoms with Crippen LogP contribution in [0.3, 0.4) is 0 Å². The second-order valence-electron chi connectivity index (χ2n) is 7.60. The van der Waals surface area contributed by atoms with Crippen molar-refractivity contribution in [1.82, 2.24) is 15.1 Å². The Balaban J connectivity index is 0.00000180. The van der Waals surface area contributed by atoms with Gasteiger partial charge in [-0.25, -0.2) is 0 Å². The van der Waals surface area contributed by atoms with E-state index in [4.69, 9.17) is 0 Å². The highest BCUT2D eigenvalue weighted by Gasteiger charge is 2.32. The van der Waals surface area contributed by atoms with E-state index >= 15 is 0 Å². The first-order valence-corrected chi connectivity index (χ1v) is 10.6. The van der Waals surface area contributed by atoms with Crippen molar-refractivity contribution >= 4 is 29.7 Å². The van der Waals surface area contributed by atoms with Crippen LogP contribution in [0.2, 0.25) is 0 Å². The molecule has 0 saturated carbocycles. The van der Waals surface area contributed by atoms with Gasteiger partial charge >= 0.3 is 0 Å². The normalized spacial score (nSPS) is 22.1. The number of rotatable bonds is 2. The molecule has 4 nitrogen and oxygen atoms in total. The number of carbonyl (C=O) groups is 1. The van der Waals surface area contributed by atoms with Gasteiger partial charge in [0.2, 0.25) is 0 Å². The molecule has 1 unspecified atom stereocenters. The average Bonchev–Trinajstić information content (AvgIpc) is 3.35. The summed E-state index contributed by atoms with van der Waals surface area (Å²) >= 11 is 1.69. The highest BCUT2D eigenvalue weighted by atomic mass is 35.5. The molecule has 1 N–H and O–H groups in total. The van der Waals surface area contributed by atoms with E-state index in [1.807, 2.05) is 0 Å². The fourth-order valence-corrected chi connectivity index (χ4v) is 5.84. The zero-order valence-electron chi connectivity index (χ0n) is 15.4. The van der Waals surface area contributed by atoms with E-state index < -0.39 is 0 Å². The van der Waals surface area contributed by atoms with Crippen molar-refractivity contribution < 1.29 is 4.79 Å². The first-order valence-electron chi connectivity index (χ1n) is 9.74. The average molecular weight is 404 g/mol. The molecule has 2 aliphatic heterocycles. The minimum absolute atomic E-state index is 0. The first kappa shape index (κ1) is 18.9. The van der Waals surface area contributed by atoms with Gasteiger partial charge in [-0.1, -0.05) is 24.3 Å². The minimum atomic E-state index is 0. The van der Waals surface area contributed by atoms with Crippen LogP contribution in [-0.4, -0.2) is 61.0 Å². The molecule has 3 aliphatic rings. The number of hydrogen-bond donors (Lipinski definition) is 1. The molecule has 1 amide bonds. The molecule has 1 aromatic heterocycles. The molecule has 1 atom stereocenters. The molecular weight excluding hydrogens is 378 g/mol. The Hall–Kier alpha value is -1.40. The lowest BCUT2D eigenvalue weighted by molar-refractivity contribution is 0.0778. The Morgan fingerprint density at radius 3 is 2.70 bits per heavy atom. The molecule has 144 valence electrons. The highest BCUT2D eigenvalue weighted by Crippen LogP contribution is 2.40. The number of piperazine rings is 1. The quantitative estimate of drug-likeness (QED) is 0.837. The van der Waals surface area contributed by atoms with Crippen molar-refractivity contribution in [1.29, 1.82) is 0 Å². The SMILES string of the molecule is Cl.O=C(c1cc2c(s1)-c1ccccc1CC2)N1CCC(N2CCNCC2)C1. The molecular formula is C21H26ClN3OS. The summed E-state index contributed by atoms with van der Waals surface area (Å²) < 4.78 is 0. The number of aryl methyl sites for hydroxylation is 2. The van der Waals surface area contributed by atoms with Gasteiger partial charge in [0, 0.05) is 50.2 Å². The molecule has 27 heavy (non-hydrogen) atoms. The maximum Gasteiger partial charge on any atom is 0.264 e. The fourth-order valence-electron chi connectivity index (χ4n) is 4.60. The topological polar surface area (TPSA) is 35.6 Å². The number of halogens is 1. The number of hydrogen-bond acceptors (Lipinski definition) is 4. The third-order valence-electron chi connectivity index (χ3n) is 6.06. The minimum Gasteiger partial charge on any atom is -0.336 e. The third-order valence-corrected chi connectivity index (χ3v) is 7.26. The highest BCUT2D eigenvalue weighted by molar-refractivity contribution is 7.17. The van der Waals surface area contributed by atoms with Crippen molar-refractivity contribution in [2.24, 2.45) is 0 Å².